The zero-order valence-corrected chi connectivity index (χ0v) is 10.9. The smallest absolute Gasteiger partial charge is 0.308 e. The van der Waals surface area contributed by atoms with Crippen molar-refractivity contribution >= 4 is 11.9 Å². The third kappa shape index (κ3) is 2.17. The lowest BCUT2D eigenvalue weighted by Crippen LogP contribution is -2.31. The molecule has 1 saturated heterocycles. The SMILES string of the molecule is O=C(O)C1CCN(C(=O)c2cccc3c2OCCO3)C1. The predicted octanol–water partition coefficient (Wildman–Crippen LogP) is 1.00. The molecule has 3 rings (SSSR count). The van der Waals surface area contributed by atoms with E-state index in [0.717, 1.165) is 0 Å². The second-order valence-corrected chi connectivity index (χ2v) is 4.90. The largest absolute Gasteiger partial charge is 0.486 e. The molecule has 0 bridgehead atoms. The summed E-state index contributed by atoms with van der Waals surface area (Å²) in [6, 6.07) is 5.19. The van der Waals surface area contributed by atoms with Crippen molar-refractivity contribution in [2.24, 2.45) is 5.92 Å². The zero-order chi connectivity index (χ0) is 14.1. The molecule has 106 valence electrons. The van der Waals surface area contributed by atoms with E-state index in [1.165, 1.54) is 0 Å². The average Bonchev–Trinajstić information content (AvgIpc) is 2.96. The van der Waals surface area contributed by atoms with Crippen LogP contribution in [0.5, 0.6) is 11.5 Å². The van der Waals surface area contributed by atoms with Gasteiger partial charge in [0.25, 0.3) is 5.91 Å². The second-order valence-electron chi connectivity index (χ2n) is 4.90. The third-order valence-electron chi connectivity index (χ3n) is 3.62. The summed E-state index contributed by atoms with van der Waals surface area (Å²) >= 11 is 0. The van der Waals surface area contributed by atoms with Gasteiger partial charge in [0.05, 0.1) is 11.5 Å². The van der Waals surface area contributed by atoms with Crippen molar-refractivity contribution in [3.63, 3.8) is 0 Å². The number of carbonyl (C=O) groups excluding carboxylic acids is 1. The lowest BCUT2D eigenvalue weighted by atomic mass is 10.1. The van der Waals surface area contributed by atoms with E-state index in [1.54, 1.807) is 23.1 Å². The lowest BCUT2D eigenvalue weighted by Gasteiger charge is -2.23. The number of carbonyl (C=O) groups is 2. The molecule has 6 heteroatoms. The van der Waals surface area contributed by atoms with Crippen LogP contribution in [-0.2, 0) is 4.79 Å². The Morgan fingerprint density at radius 2 is 2.05 bits per heavy atom. The number of carboxylic acids is 1. The Bertz CT molecular complexity index is 556. The number of aliphatic carboxylic acids is 1. The molecule has 2 heterocycles. The van der Waals surface area contributed by atoms with Crippen molar-refractivity contribution < 1.29 is 24.2 Å². The number of amides is 1. The fraction of sp³-hybridized carbons (Fsp3) is 0.429. The molecule has 0 aromatic heterocycles. The quantitative estimate of drug-likeness (QED) is 0.873. The summed E-state index contributed by atoms with van der Waals surface area (Å²) in [6.07, 6.45) is 0.494. The molecule has 2 aliphatic rings. The highest BCUT2D eigenvalue weighted by atomic mass is 16.6. The highest BCUT2D eigenvalue weighted by Gasteiger charge is 2.33. The van der Waals surface area contributed by atoms with Crippen molar-refractivity contribution in [1.82, 2.24) is 4.90 Å². The summed E-state index contributed by atoms with van der Waals surface area (Å²) in [4.78, 5) is 25.0. The molecule has 1 amide bonds. The molecule has 0 saturated carbocycles. The van der Waals surface area contributed by atoms with Crippen LogP contribution >= 0.6 is 0 Å². The number of hydrogen-bond acceptors (Lipinski definition) is 4. The highest BCUT2D eigenvalue weighted by molar-refractivity contribution is 5.98. The molecule has 0 aliphatic carbocycles. The topological polar surface area (TPSA) is 76.1 Å². The Kier molecular flexibility index (Phi) is 3.22. The van der Waals surface area contributed by atoms with E-state index >= 15 is 0 Å². The maximum Gasteiger partial charge on any atom is 0.308 e. The van der Waals surface area contributed by atoms with Crippen LogP contribution in [0.25, 0.3) is 0 Å². The van der Waals surface area contributed by atoms with Gasteiger partial charge in [-0.05, 0) is 18.6 Å². The van der Waals surface area contributed by atoms with Gasteiger partial charge in [0.2, 0.25) is 0 Å². The van der Waals surface area contributed by atoms with Crippen LogP contribution in [0, 0.1) is 5.92 Å². The van der Waals surface area contributed by atoms with Gasteiger partial charge in [0, 0.05) is 13.1 Å². The third-order valence-corrected chi connectivity index (χ3v) is 3.62. The second kappa shape index (κ2) is 5.03. The van der Waals surface area contributed by atoms with Gasteiger partial charge in [-0.25, -0.2) is 0 Å². The summed E-state index contributed by atoms with van der Waals surface area (Å²) < 4.78 is 11.0. The van der Waals surface area contributed by atoms with Crippen LogP contribution in [-0.4, -0.2) is 48.2 Å². The Labute approximate surface area is 115 Å². The van der Waals surface area contributed by atoms with Gasteiger partial charge in [0.15, 0.2) is 11.5 Å². The van der Waals surface area contributed by atoms with E-state index in [9.17, 15) is 9.59 Å². The predicted molar refractivity (Wildman–Crippen MR) is 69.1 cm³/mol. The van der Waals surface area contributed by atoms with Crippen LogP contribution in [0.3, 0.4) is 0 Å². The summed E-state index contributed by atoms with van der Waals surface area (Å²) in [7, 11) is 0. The van der Waals surface area contributed by atoms with Crippen molar-refractivity contribution in [2.45, 2.75) is 6.42 Å². The number of fused-ring (bicyclic) bond motifs is 1. The molecular weight excluding hydrogens is 262 g/mol. The fourth-order valence-electron chi connectivity index (χ4n) is 2.56. The summed E-state index contributed by atoms with van der Waals surface area (Å²) in [5.41, 5.74) is 0.438. The number of likely N-dealkylation sites (tertiary alicyclic amines) is 1. The Hall–Kier alpha value is -2.24. The number of hydrogen-bond donors (Lipinski definition) is 1. The van der Waals surface area contributed by atoms with Crippen molar-refractivity contribution in [2.75, 3.05) is 26.3 Å². The first-order valence-corrected chi connectivity index (χ1v) is 6.57. The first kappa shape index (κ1) is 12.8. The molecule has 1 atom stereocenters. The normalized spacial score (nSPS) is 20.8. The van der Waals surface area contributed by atoms with Crippen LogP contribution in [0.2, 0.25) is 0 Å². The van der Waals surface area contributed by atoms with E-state index in [2.05, 4.69) is 0 Å². The molecule has 6 nitrogen and oxygen atoms in total. The molecule has 0 radical (unpaired) electrons. The molecular formula is C14H15NO5. The average molecular weight is 277 g/mol. The zero-order valence-electron chi connectivity index (χ0n) is 10.9. The molecule has 1 fully saturated rings. The Morgan fingerprint density at radius 1 is 1.25 bits per heavy atom. The van der Waals surface area contributed by atoms with Crippen molar-refractivity contribution in [3.05, 3.63) is 23.8 Å². The van der Waals surface area contributed by atoms with E-state index < -0.39 is 11.9 Å². The van der Waals surface area contributed by atoms with Crippen molar-refractivity contribution in [1.29, 1.82) is 0 Å². The van der Waals surface area contributed by atoms with Crippen LogP contribution in [0.4, 0.5) is 0 Å². The standard InChI is InChI=1S/C14H15NO5/c16-13(15-5-4-9(8-15)14(17)18)10-2-1-3-11-12(10)20-7-6-19-11/h1-3,9H,4-8H2,(H,17,18). The fourth-order valence-corrected chi connectivity index (χ4v) is 2.56. The number of para-hydroxylation sites is 1. The number of nitrogens with zero attached hydrogens (tertiary/aromatic N) is 1. The number of ether oxygens (including phenoxy) is 2. The summed E-state index contributed by atoms with van der Waals surface area (Å²) in [5, 5.41) is 8.99. The summed E-state index contributed by atoms with van der Waals surface area (Å²) in [5.74, 6) is -0.500. The van der Waals surface area contributed by atoms with Crippen LogP contribution in [0.15, 0.2) is 18.2 Å². The number of benzene rings is 1. The van der Waals surface area contributed by atoms with E-state index in [4.69, 9.17) is 14.6 Å². The van der Waals surface area contributed by atoms with Gasteiger partial charge in [-0.3, -0.25) is 9.59 Å². The summed E-state index contributed by atoms with van der Waals surface area (Å²) in [6.45, 7) is 1.59. The molecule has 20 heavy (non-hydrogen) atoms. The first-order valence-electron chi connectivity index (χ1n) is 6.57. The van der Waals surface area contributed by atoms with Crippen LogP contribution < -0.4 is 9.47 Å². The van der Waals surface area contributed by atoms with Crippen molar-refractivity contribution in [3.8, 4) is 11.5 Å². The van der Waals surface area contributed by atoms with E-state index in [0.29, 0.717) is 43.2 Å². The maximum atomic E-state index is 12.5. The monoisotopic (exact) mass is 277 g/mol. The van der Waals surface area contributed by atoms with Gasteiger partial charge in [0.1, 0.15) is 13.2 Å². The Balaban J connectivity index is 1.83. The molecule has 1 N–H and O–H groups in total. The number of carboxylic acid groups (broad SMARTS) is 1. The minimum absolute atomic E-state index is 0.198. The number of rotatable bonds is 2. The van der Waals surface area contributed by atoms with E-state index in [-0.39, 0.29) is 12.5 Å². The molecule has 0 spiro atoms. The minimum atomic E-state index is -0.852. The van der Waals surface area contributed by atoms with Gasteiger partial charge in [-0.2, -0.15) is 0 Å². The Morgan fingerprint density at radius 3 is 2.80 bits per heavy atom. The molecule has 1 aromatic rings. The first-order chi connectivity index (χ1) is 9.66. The minimum Gasteiger partial charge on any atom is -0.486 e. The highest BCUT2D eigenvalue weighted by Crippen LogP contribution is 2.35. The van der Waals surface area contributed by atoms with Gasteiger partial charge < -0.3 is 19.5 Å². The molecule has 2 aliphatic heterocycles. The molecule has 1 aromatic carbocycles. The van der Waals surface area contributed by atoms with Gasteiger partial charge in [-0.15, -0.1) is 0 Å². The van der Waals surface area contributed by atoms with Crippen LogP contribution in [0.1, 0.15) is 16.8 Å². The lowest BCUT2D eigenvalue weighted by molar-refractivity contribution is -0.141. The molecule has 1 unspecified atom stereocenters. The van der Waals surface area contributed by atoms with E-state index in [1.807, 2.05) is 0 Å². The maximum absolute atomic E-state index is 12.5. The van der Waals surface area contributed by atoms with Gasteiger partial charge in [-0.1, -0.05) is 6.07 Å². The van der Waals surface area contributed by atoms with Gasteiger partial charge >= 0.3 is 5.97 Å².